The van der Waals surface area contributed by atoms with Gasteiger partial charge >= 0.3 is 0 Å². The van der Waals surface area contributed by atoms with Crippen molar-refractivity contribution < 1.29 is 9.50 Å². The lowest BCUT2D eigenvalue weighted by Gasteiger charge is -2.39. The Hall–Kier alpha value is -0.110. The molecule has 1 N–H and O–H groups in total. The van der Waals surface area contributed by atoms with E-state index in [9.17, 15) is 5.11 Å². The summed E-state index contributed by atoms with van der Waals surface area (Å²) >= 11 is 0. The molecule has 1 aliphatic rings. The molecule has 0 radical (unpaired) electrons. The van der Waals surface area contributed by atoms with Crippen LogP contribution in [0.2, 0.25) is 0 Å². The highest BCUT2D eigenvalue weighted by Crippen LogP contribution is 2.42. The summed E-state index contributed by atoms with van der Waals surface area (Å²) in [5.41, 5.74) is -1.09. The summed E-state index contributed by atoms with van der Waals surface area (Å²) in [7, 11) is 0. The third-order valence-electron chi connectivity index (χ3n) is 5.30. The molecule has 1 rings (SSSR count). The van der Waals surface area contributed by atoms with Gasteiger partial charge in [0.1, 0.15) is 5.67 Å². The van der Waals surface area contributed by atoms with Gasteiger partial charge in [-0.3, -0.25) is 0 Å². The van der Waals surface area contributed by atoms with Crippen molar-refractivity contribution in [2.24, 2.45) is 5.92 Å². The minimum absolute atomic E-state index is 0.125. The molecule has 2 heteroatoms. The molecule has 1 nitrogen and oxygen atoms in total. The lowest BCUT2D eigenvalue weighted by molar-refractivity contribution is -0.0388. The van der Waals surface area contributed by atoms with Gasteiger partial charge in [0.25, 0.3) is 0 Å². The van der Waals surface area contributed by atoms with Gasteiger partial charge in [-0.25, -0.2) is 4.39 Å². The molecule has 0 spiro atoms. The van der Waals surface area contributed by atoms with Crippen LogP contribution in [0.1, 0.15) is 104 Å². The summed E-state index contributed by atoms with van der Waals surface area (Å²) < 4.78 is 15.0. The average molecular weight is 301 g/mol. The zero-order valence-corrected chi connectivity index (χ0v) is 14.4. The van der Waals surface area contributed by atoms with Crippen molar-refractivity contribution in [3.05, 3.63) is 0 Å². The minimum Gasteiger partial charge on any atom is -0.393 e. The van der Waals surface area contributed by atoms with Gasteiger partial charge in [-0.15, -0.1) is 0 Å². The molecule has 0 aromatic heterocycles. The van der Waals surface area contributed by atoms with E-state index in [2.05, 4.69) is 6.92 Å². The van der Waals surface area contributed by atoms with Crippen molar-refractivity contribution in [3.8, 4) is 0 Å². The van der Waals surface area contributed by atoms with Gasteiger partial charge in [-0.05, 0) is 26.2 Å². The van der Waals surface area contributed by atoms with Crippen molar-refractivity contribution >= 4 is 0 Å². The van der Waals surface area contributed by atoms with Crippen molar-refractivity contribution in [1.29, 1.82) is 0 Å². The molecule has 0 bridgehead atoms. The zero-order chi connectivity index (χ0) is 15.6. The Kier molecular flexibility index (Phi) is 9.55. The van der Waals surface area contributed by atoms with E-state index < -0.39 is 11.8 Å². The third kappa shape index (κ3) is 7.13. The summed E-state index contributed by atoms with van der Waals surface area (Å²) in [5.74, 6) is -0.125. The van der Waals surface area contributed by atoms with Gasteiger partial charge in [0, 0.05) is 5.92 Å². The average Bonchev–Trinajstić information content (AvgIpc) is 2.45. The van der Waals surface area contributed by atoms with E-state index in [1.54, 1.807) is 6.92 Å². The Balaban J connectivity index is 2.10. The molecule has 0 aromatic carbocycles. The maximum Gasteiger partial charge on any atom is 0.116 e. The molecule has 1 aliphatic carbocycles. The SMILES string of the molecule is CCCCCCCCCCCC1(F)CCCCC1C(C)O. The molecule has 1 fully saturated rings. The Bertz CT molecular complexity index is 254. The highest BCUT2D eigenvalue weighted by atomic mass is 19.1. The van der Waals surface area contributed by atoms with Crippen LogP contribution in [0.5, 0.6) is 0 Å². The zero-order valence-electron chi connectivity index (χ0n) is 14.4. The number of hydrogen-bond acceptors (Lipinski definition) is 1. The predicted molar refractivity (Wildman–Crippen MR) is 89.3 cm³/mol. The third-order valence-corrected chi connectivity index (χ3v) is 5.30. The lowest BCUT2D eigenvalue weighted by Crippen LogP contribution is -2.42. The fourth-order valence-electron chi connectivity index (χ4n) is 3.94. The predicted octanol–water partition coefficient (Wildman–Crippen LogP) is 6.19. The molecule has 0 heterocycles. The largest absolute Gasteiger partial charge is 0.393 e. The molecule has 0 aromatic rings. The second-order valence-corrected chi connectivity index (χ2v) is 7.21. The van der Waals surface area contributed by atoms with Crippen LogP contribution < -0.4 is 0 Å². The number of unbranched alkanes of at least 4 members (excludes halogenated alkanes) is 8. The van der Waals surface area contributed by atoms with Crippen LogP contribution in [0.15, 0.2) is 0 Å². The number of hydrogen-bond donors (Lipinski definition) is 1. The quantitative estimate of drug-likeness (QED) is 0.451. The maximum absolute atomic E-state index is 15.0. The van der Waals surface area contributed by atoms with E-state index in [-0.39, 0.29) is 5.92 Å². The topological polar surface area (TPSA) is 20.2 Å². The Morgan fingerprint density at radius 1 is 1.00 bits per heavy atom. The van der Waals surface area contributed by atoms with Crippen LogP contribution >= 0.6 is 0 Å². The number of alkyl halides is 1. The first-order valence-corrected chi connectivity index (χ1v) is 9.47. The van der Waals surface area contributed by atoms with Gasteiger partial charge in [0.15, 0.2) is 0 Å². The van der Waals surface area contributed by atoms with Crippen molar-refractivity contribution in [1.82, 2.24) is 0 Å². The van der Waals surface area contributed by atoms with E-state index in [1.165, 1.54) is 44.9 Å². The monoisotopic (exact) mass is 300 g/mol. The normalized spacial score (nSPS) is 27.7. The van der Waals surface area contributed by atoms with Crippen molar-refractivity contribution in [2.75, 3.05) is 0 Å². The second-order valence-electron chi connectivity index (χ2n) is 7.21. The fourth-order valence-corrected chi connectivity index (χ4v) is 3.94. The van der Waals surface area contributed by atoms with Crippen LogP contribution in [-0.4, -0.2) is 16.9 Å². The van der Waals surface area contributed by atoms with E-state index in [0.717, 1.165) is 32.1 Å². The standard InChI is InChI=1S/C19H37FO/c1-3-4-5-6-7-8-9-10-12-15-19(20)16-13-11-14-18(19)17(2)21/h17-18,21H,3-16H2,1-2H3. The first-order chi connectivity index (χ1) is 10.1. The van der Waals surface area contributed by atoms with Gasteiger partial charge in [0.05, 0.1) is 6.10 Å². The summed E-state index contributed by atoms with van der Waals surface area (Å²) in [6, 6.07) is 0. The molecule has 21 heavy (non-hydrogen) atoms. The van der Waals surface area contributed by atoms with Crippen LogP contribution in [-0.2, 0) is 0 Å². The number of aliphatic hydroxyl groups excluding tert-OH is 1. The maximum atomic E-state index is 15.0. The minimum atomic E-state index is -1.09. The van der Waals surface area contributed by atoms with E-state index in [4.69, 9.17) is 0 Å². The van der Waals surface area contributed by atoms with Crippen molar-refractivity contribution in [3.63, 3.8) is 0 Å². The van der Waals surface area contributed by atoms with Crippen LogP contribution in [0, 0.1) is 5.92 Å². The second kappa shape index (κ2) is 10.6. The Morgan fingerprint density at radius 2 is 1.57 bits per heavy atom. The smallest absolute Gasteiger partial charge is 0.116 e. The molecule has 0 aliphatic heterocycles. The highest BCUT2D eigenvalue weighted by Gasteiger charge is 2.42. The van der Waals surface area contributed by atoms with Crippen LogP contribution in [0.3, 0.4) is 0 Å². The first-order valence-electron chi connectivity index (χ1n) is 9.47. The van der Waals surface area contributed by atoms with Crippen LogP contribution in [0.4, 0.5) is 4.39 Å². The fraction of sp³-hybridized carbons (Fsp3) is 1.00. The van der Waals surface area contributed by atoms with E-state index in [1.807, 2.05) is 0 Å². The van der Waals surface area contributed by atoms with Crippen LogP contribution in [0.25, 0.3) is 0 Å². The number of halogens is 1. The summed E-state index contributed by atoms with van der Waals surface area (Å²) in [5, 5.41) is 9.82. The van der Waals surface area contributed by atoms with Gasteiger partial charge in [-0.2, -0.15) is 0 Å². The number of aliphatic hydroxyl groups is 1. The molecule has 0 amide bonds. The molecule has 3 unspecified atom stereocenters. The molecule has 0 saturated heterocycles. The van der Waals surface area contributed by atoms with E-state index in [0.29, 0.717) is 12.8 Å². The Labute approximate surface area is 131 Å². The molecule has 126 valence electrons. The van der Waals surface area contributed by atoms with Gasteiger partial charge in [0.2, 0.25) is 0 Å². The summed E-state index contributed by atoms with van der Waals surface area (Å²) in [4.78, 5) is 0. The van der Waals surface area contributed by atoms with E-state index >= 15 is 4.39 Å². The molecule has 1 saturated carbocycles. The molecular weight excluding hydrogens is 263 g/mol. The highest BCUT2D eigenvalue weighted by molar-refractivity contribution is 4.92. The lowest BCUT2D eigenvalue weighted by atomic mass is 9.72. The summed E-state index contributed by atoms with van der Waals surface area (Å²) in [6.07, 6.45) is 15.3. The Morgan fingerprint density at radius 3 is 2.14 bits per heavy atom. The van der Waals surface area contributed by atoms with Crippen molar-refractivity contribution in [2.45, 2.75) is 116 Å². The number of rotatable bonds is 11. The summed E-state index contributed by atoms with van der Waals surface area (Å²) in [6.45, 7) is 4.01. The first kappa shape index (κ1) is 18.9. The molecular formula is C19H37FO. The van der Waals surface area contributed by atoms with Gasteiger partial charge < -0.3 is 5.11 Å². The van der Waals surface area contributed by atoms with Gasteiger partial charge in [-0.1, -0.05) is 77.6 Å². The molecule has 3 atom stereocenters.